The topological polar surface area (TPSA) is 122 Å². The second-order valence-corrected chi connectivity index (χ2v) is 11.0. The van der Waals surface area contributed by atoms with Crippen LogP contribution in [0, 0.1) is 12.7 Å². The van der Waals surface area contributed by atoms with Crippen molar-refractivity contribution in [3.8, 4) is 16.9 Å². The van der Waals surface area contributed by atoms with E-state index < -0.39 is 23.5 Å². The van der Waals surface area contributed by atoms with Crippen LogP contribution in [0.4, 0.5) is 15.0 Å². The molecule has 1 saturated carbocycles. The molecule has 2 heterocycles. The van der Waals surface area contributed by atoms with E-state index in [4.69, 9.17) is 19.9 Å². The molecule has 4 rings (SSSR count). The van der Waals surface area contributed by atoms with Crippen LogP contribution in [0.2, 0.25) is 0 Å². The number of nitrogens with two attached hydrogens (primary N) is 1. The van der Waals surface area contributed by atoms with Crippen LogP contribution in [-0.2, 0) is 23.1 Å². The normalized spacial score (nSPS) is 14.0. The second kappa shape index (κ2) is 11.1. The smallest absolute Gasteiger partial charge is 0.410 e. The highest BCUT2D eigenvalue weighted by Crippen LogP contribution is 2.36. The number of pyridine rings is 1. The highest BCUT2D eigenvalue weighted by Gasteiger charge is 2.36. The van der Waals surface area contributed by atoms with E-state index in [1.165, 1.54) is 19.2 Å². The minimum atomic E-state index is -0.680. The third-order valence-corrected chi connectivity index (χ3v) is 6.61. The third kappa shape index (κ3) is 6.35. The summed E-state index contributed by atoms with van der Waals surface area (Å²) in [6.45, 7) is 9.45. The molecule has 0 aliphatic heterocycles. The lowest BCUT2D eigenvalue weighted by atomic mass is 10.0. The number of anilines is 1. The lowest BCUT2D eigenvalue weighted by Gasteiger charge is -2.27. The number of benzene rings is 1. The summed E-state index contributed by atoms with van der Waals surface area (Å²) in [5.41, 5.74) is 9.12. The zero-order valence-electron chi connectivity index (χ0n) is 23.9. The number of nitrogens with zero attached hydrogens (tertiary/aromatic N) is 4. The van der Waals surface area contributed by atoms with Crippen molar-refractivity contribution in [2.75, 3.05) is 12.8 Å². The van der Waals surface area contributed by atoms with Crippen LogP contribution in [0.15, 0.2) is 30.5 Å². The molecule has 1 amide bonds. The Labute approximate surface area is 233 Å². The Kier molecular flexibility index (Phi) is 8.04. The van der Waals surface area contributed by atoms with Gasteiger partial charge in [-0.15, -0.1) is 0 Å². The van der Waals surface area contributed by atoms with Crippen molar-refractivity contribution in [2.24, 2.45) is 7.05 Å². The number of aryl methyl sites for hydroxylation is 2. The largest absolute Gasteiger partial charge is 0.482 e. The summed E-state index contributed by atoms with van der Waals surface area (Å²) in [6, 6.07) is 5.71. The summed E-state index contributed by atoms with van der Waals surface area (Å²) >= 11 is 0. The van der Waals surface area contributed by atoms with E-state index in [2.05, 4.69) is 10.1 Å². The lowest BCUT2D eigenvalue weighted by molar-refractivity contribution is 0.0212. The number of esters is 1. The number of hydrogen-bond donors (Lipinski definition) is 1. The highest BCUT2D eigenvalue weighted by atomic mass is 19.1. The zero-order chi connectivity index (χ0) is 29.4. The first-order valence-corrected chi connectivity index (χ1v) is 13.1. The van der Waals surface area contributed by atoms with Gasteiger partial charge in [0.25, 0.3) is 0 Å². The first-order chi connectivity index (χ1) is 18.8. The zero-order valence-corrected chi connectivity index (χ0v) is 23.9. The summed E-state index contributed by atoms with van der Waals surface area (Å²) in [5, 5.41) is 4.61. The Balaban J connectivity index is 1.67. The maximum atomic E-state index is 13.9. The van der Waals surface area contributed by atoms with Crippen LogP contribution in [-0.4, -0.2) is 50.5 Å². The number of halogens is 1. The number of hydrogen-bond acceptors (Lipinski definition) is 8. The van der Waals surface area contributed by atoms with Crippen LogP contribution in [0.5, 0.6) is 5.75 Å². The average molecular weight is 554 g/mol. The molecule has 3 aromatic rings. The Morgan fingerprint density at radius 1 is 1.25 bits per heavy atom. The fourth-order valence-corrected chi connectivity index (χ4v) is 4.58. The van der Waals surface area contributed by atoms with E-state index in [0.29, 0.717) is 17.7 Å². The van der Waals surface area contributed by atoms with Gasteiger partial charge in [-0.1, -0.05) is 6.07 Å². The number of ether oxygens (including phenoxy) is 3. The number of amides is 1. The Morgan fingerprint density at radius 3 is 2.58 bits per heavy atom. The molecular formula is C29H36FN5O5. The predicted molar refractivity (Wildman–Crippen MR) is 147 cm³/mol. The molecule has 0 spiro atoms. The molecule has 1 atom stereocenters. The van der Waals surface area contributed by atoms with E-state index in [1.54, 1.807) is 28.8 Å². The monoisotopic (exact) mass is 553 g/mol. The average Bonchev–Trinajstić information content (AvgIpc) is 3.67. The van der Waals surface area contributed by atoms with Gasteiger partial charge in [0, 0.05) is 36.0 Å². The number of aromatic nitrogens is 3. The quantitative estimate of drug-likeness (QED) is 0.371. The molecule has 2 N–H and O–H groups in total. The highest BCUT2D eigenvalue weighted by molar-refractivity contribution is 5.91. The predicted octanol–water partition coefficient (Wildman–Crippen LogP) is 5.34. The maximum absolute atomic E-state index is 13.9. The molecule has 2 aromatic heterocycles. The summed E-state index contributed by atoms with van der Waals surface area (Å²) in [4.78, 5) is 31.4. The second-order valence-electron chi connectivity index (χ2n) is 11.0. The molecule has 40 heavy (non-hydrogen) atoms. The standard InChI is InChI=1S/C29H36FN5O5/c1-16-25(23(34(6)33-16)15-35(20-9-10-20)28(37)40-29(3,4)5)18-12-24(26(31)32-14-18)39-17(2)21-11-8-19(30)13-22(21)27(36)38-7/h8,11-14,17,20H,9-10,15H2,1-7H3,(H2,31,32). The molecule has 214 valence electrons. The van der Waals surface area contributed by atoms with Crippen molar-refractivity contribution in [3.05, 3.63) is 58.8 Å². The van der Waals surface area contributed by atoms with Crippen molar-refractivity contribution in [3.63, 3.8) is 0 Å². The number of rotatable bonds is 8. The molecule has 1 aromatic carbocycles. The van der Waals surface area contributed by atoms with Crippen LogP contribution in [0.3, 0.4) is 0 Å². The van der Waals surface area contributed by atoms with E-state index in [1.807, 2.05) is 34.7 Å². The molecule has 1 aliphatic rings. The Bertz CT molecular complexity index is 1430. The summed E-state index contributed by atoms with van der Waals surface area (Å²) < 4.78 is 32.3. The van der Waals surface area contributed by atoms with Crippen molar-refractivity contribution in [1.29, 1.82) is 0 Å². The van der Waals surface area contributed by atoms with Gasteiger partial charge in [-0.25, -0.2) is 19.0 Å². The van der Waals surface area contributed by atoms with Gasteiger partial charge in [0.2, 0.25) is 0 Å². The molecule has 10 nitrogen and oxygen atoms in total. The minimum absolute atomic E-state index is 0.0605. The molecule has 1 unspecified atom stereocenters. The van der Waals surface area contributed by atoms with Crippen molar-refractivity contribution in [1.82, 2.24) is 19.7 Å². The van der Waals surface area contributed by atoms with Crippen molar-refractivity contribution >= 4 is 17.9 Å². The van der Waals surface area contributed by atoms with Gasteiger partial charge in [0.15, 0.2) is 11.6 Å². The number of carbonyl (C=O) groups excluding carboxylic acids is 2. The Morgan fingerprint density at radius 2 is 1.95 bits per heavy atom. The summed E-state index contributed by atoms with van der Waals surface area (Å²) in [7, 11) is 3.06. The maximum Gasteiger partial charge on any atom is 0.410 e. The minimum Gasteiger partial charge on any atom is -0.482 e. The summed E-state index contributed by atoms with van der Waals surface area (Å²) in [6.07, 6.45) is 2.42. The van der Waals surface area contributed by atoms with Crippen LogP contribution in [0.1, 0.15) is 73.9 Å². The molecule has 0 saturated heterocycles. The first kappa shape index (κ1) is 28.8. The lowest BCUT2D eigenvalue weighted by Crippen LogP contribution is -2.38. The number of nitrogen functional groups attached to an aromatic ring is 1. The van der Waals surface area contributed by atoms with Crippen LogP contribution >= 0.6 is 0 Å². The van der Waals surface area contributed by atoms with Crippen LogP contribution in [0.25, 0.3) is 11.1 Å². The fourth-order valence-electron chi connectivity index (χ4n) is 4.58. The van der Waals surface area contributed by atoms with E-state index in [0.717, 1.165) is 35.9 Å². The molecule has 0 bridgehead atoms. The molecule has 0 radical (unpaired) electrons. The van der Waals surface area contributed by atoms with E-state index >= 15 is 0 Å². The third-order valence-electron chi connectivity index (χ3n) is 6.61. The summed E-state index contributed by atoms with van der Waals surface area (Å²) in [5.74, 6) is -0.810. The van der Waals surface area contributed by atoms with E-state index in [-0.39, 0.29) is 29.3 Å². The molecule has 1 aliphatic carbocycles. The van der Waals surface area contributed by atoms with Gasteiger partial charge in [-0.2, -0.15) is 5.10 Å². The SMILES string of the molecule is COC(=O)c1cc(F)ccc1C(C)Oc1cc(-c2c(C)nn(C)c2CN(C(=O)OC(C)(C)C)C2CC2)cnc1N. The van der Waals surface area contributed by atoms with Gasteiger partial charge in [0.05, 0.1) is 30.6 Å². The van der Waals surface area contributed by atoms with Crippen molar-refractivity contribution < 1.29 is 28.2 Å². The number of methoxy groups -OCH3 is 1. The Hall–Kier alpha value is -4.15. The van der Waals surface area contributed by atoms with Crippen LogP contribution < -0.4 is 10.5 Å². The first-order valence-electron chi connectivity index (χ1n) is 13.1. The van der Waals surface area contributed by atoms with E-state index in [9.17, 15) is 14.0 Å². The van der Waals surface area contributed by atoms with Gasteiger partial charge in [0.1, 0.15) is 17.5 Å². The molecular weight excluding hydrogens is 517 g/mol. The van der Waals surface area contributed by atoms with Crippen molar-refractivity contribution in [2.45, 2.75) is 71.8 Å². The van der Waals surface area contributed by atoms with Gasteiger partial charge >= 0.3 is 12.1 Å². The van der Waals surface area contributed by atoms with Gasteiger partial charge in [-0.05, 0) is 65.7 Å². The number of carbonyl (C=O) groups is 2. The fraction of sp³-hybridized carbons (Fsp3) is 0.448. The molecule has 11 heteroatoms. The van der Waals surface area contributed by atoms with Gasteiger partial charge < -0.3 is 19.9 Å². The van der Waals surface area contributed by atoms with Gasteiger partial charge in [-0.3, -0.25) is 9.58 Å². The molecule has 1 fully saturated rings.